The molecule has 0 aliphatic carbocycles. The van der Waals surface area contributed by atoms with Crippen molar-refractivity contribution in [2.24, 2.45) is 0 Å². The van der Waals surface area contributed by atoms with Gasteiger partial charge in [-0.05, 0) is 4.57 Å². The molecule has 2 N–H and O–H groups in total. The molecule has 12 heteroatoms. The van der Waals surface area contributed by atoms with Gasteiger partial charge in [0.05, 0.1) is 6.61 Å². The van der Waals surface area contributed by atoms with Gasteiger partial charge in [-0.2, -0.15) is 0 Å². The molecule has 0 aromatic rings. The van der Waals surface area contributed by atoms with E-state index in [1.54, 1.807) is 0 Å². The van der Waals surface area contributed by atoms with Gasteiger partial charge in [0.2, 0.25) is 3.79 Å². The van der Waals surface area contributed by atoms with Crippen LogP contribution in [-0.2, 0) is 13.4 Å². The number of rotatable bonds is 2. The van der Waals surface area contributed by atoms with Gasteiger partial charge in [-0.3, -0.25) is 0 Å². The van der Waals surface area contributed by atoms with Gasteiger partial charge in [0.15, 0.2) is 0 Å². The molecule has 0 spiro atoms. The predicted molar refractivity (Wildman–Crippen MR) is 45.9 cm³/mol. The van der Waals surface area contributed by atoms with Gasteiger partial charge < -0.3 is 10.00 Å². The first kappa shape index (κ1) is 21.8. The molecule has 0 saturated carbocycles. The molecule has 6 nitrogen and oxygen atoms in total. The van der Waals surface area contributed by atoms with Crippen LogP contribution >= 0.6 is 51.3 Å². The van der Waals surface area contributed by atoms with E-state index in [-0.39, 0.29) is 51.4 Å². The molecule has 0 saturated heterocycles. The summed E-state index contributed by atoms with van der Waals surface area (Å²) in [5.74, 6) is 0. The Morgan fingerprint density at radius 1 is 1.36 bits per heavy atom. The number of alkyl halides is 3. The minimum absolute atomic E-state index is 0. The number of halogens is 3. The molecule has 0 bridgehead atoms. The van der Waals surface area contributed by atoms with Crippen molar-refractivity contribution in [3.63, 3.8) is 0 Å². The van der Waals surface area contributed by atoms with E-state index in [2.05, 4.69) is 4.31 Å². The maximum Gasteiger partial charge on any atom is 1.00 e. The number of aliphatic hydroxyl groups excluding tert-OH is 1. The Bertz CT molecular complexity index is 172. The van der Waals surface area contributed by atoms with Crippen LogP contribution in [0.3, 0.4) is 0 Å². The van der Waals surface area contributed by atoms with Gasteiger partial charge in [-0.1, -0.05) is 34.8 Å². The molecule has 0 aromatic heterocycles. The molecule has 14 heavy (non-hydrogen) atoms. The fourth-order valence-electron chi connectivity index (χ4n) is 0.0570. The Hall–Kier alpha value is 2.55. The average molecular weight is 331 g/mol. The van der Waals surface area contributed by atoms with Gasteiger partial charge in [0.25, 0.3) is 0 Å². The molecule has 0 heterocycles. The Kier molecular flexibility index (Phi) is 18.7. The zero-order valence-corrected chi connectivity index (χ0v) is 13.9. The topological polar surface area (TPSA) is 107 Å². The van der Waals surface area contributed by atoms with Crippen LogP contribution in [0.15, 0.2) is 0 Å². The second-order valence-electron chi connectivity index (χ2n) is 1.32. The van der Waals surface area contributed by atoms with Crippen molar-refractivity contribution in [2.75, 3.05) is 6.61 Å². The fourth-order valence-corrected chi connectivity index (χ4v) is 0.513. The summed E-state index contributed by atoms with van der Waals surface area (Å²) in [5.41, 5.74) is 0. The summed E-state index contributed by atoms with van der Waals surface area (Å²) in [5, 5.41) is 8.01. The second kappa shape index (κ2) is 12.0. The number of hydrogen-bond acceptors (Lipinski definition) is 5. The molecule has 0 aromatic carbocycles. The normalized spacial score (nSPS) is 11.9. The number of aliphatic hydroxyl groups is 1. The summed E-state index contributed by atoms with van der Waals surface area (Å²) in [6.45, 7) is -0.433. The van der Waals surface area contributed by atoms with Crippen molar-refractivity contribution >= 4 is 51.3 Å². The van der Waals surface area contributed by atoms with Gasteiger partial charge in [0, 0.05) is 4.57 Å². The summed E-state index contributed by atoms with van der Waals surface area (Å²) in [7, 11) is -6.16. The van der Waals surface area contributed by atoms with Crippen LogP contribution in [0.4, 0.5) is 0 Å². The quantitative estimate of drug-likeness (QED) is 0.345. The first-order valence-corrected chi connectivity index (χ1v) is 5.71. The van der Waals surface area contributed by atoms with Crippen LogP contribution in [0.2, 0.25) is 0 Å². The van der Waals surface area contributed by atoms with Crippen molar-refractivity contribution in [2.45, 2.75) is 3.79 Å². The van der Waals surface area contributed by atoms with E-state index in [9.17, 15) is 14.0 Å². The summed E-state index contributed by atoms with van der Waals surface area (Å²) in [6.07, 6.45) is 0. The molecule has 2 atom stereocenters. The SMILES string of the molecule is O=[P+]([O-])O[P+](=O)O.OCC(Cl)(Cl)Cl.[K+]. The average Bonchev–Trinajstić information content (AvgIpc) is 1.84. The molecule has 0 rings (SSSR count). The first-order chi connectivity index (χ1) is 5.69. The molecule has 78 valence electrons. The summed E-state index contributed by atoms with van der Waals surface area (Å²) in [4.78, 5) is 16.9. The van der Waals surface area contributed by atoms with Crippen LogP contribution in [-0.4, -0.2) is 20.4 Å². The Labute approximate surface area is 139 Å². The van der Waals surface area contributed by atoms with Crippen molar-refractivity contribution in [1.82, 2.24) is 0 Å². The fraction of sp³-hybridized carbons (Fsp3) is 1.00. The Morgan fingerprint density at radius 3 is 1.64 bits per heavy atom. The van der Waals surface area contributed by atoms with Crippen LogP contribution in [0.25, 0.3) is 0 Å². The van der Waals surface area contributed by atoms with Crippen molar-refractivity contribution in [1.29, 1.82) is 0 Å². The molecule has 0 aliphatic rings. The van der Waals surface area contributed by atoms with Crippen molar-refractivity contribution < 1.29 is 79.7 Å². The van der Waals surface area contributed by atoms with E-state index in [4.69, 9.17) is 44.8 Å². The Morgan fingerprint density at radius 2 is 1.64 bits per heavy atom. The van der Waals surface area contributed by atoms with Gasteiger partial charge >= 0.3 is 67.9 Å². The summed E-state index contributed by atoms with van der Waals surface area (Å²) < 4.78 is 20.4. The monoisotopic (exact) mass is 330 g/mol. The third-order valence-corrected chi connectivity index (χ3v) is 1.77. The molecule has 2 unspecified atom stereocenters. The summed E-state index contributed by atoms with van der Waals surface area (Å²) in [6, 6.07) is 0. The smallest absolute Gasteiger partial charge is 0.563 e. The first-order valence-electron chi connectivity index (χ1n) is 2.35. The van der Waals surface area contributed by atoms with Gasteiger partial charge in [0.1, 0.15) is 4.31 Å². The maximum atomic E-state index is 9.35. The molecule has 0 amide bonds. The summed E-state index contributed by atoms with van der Waals surface area (Å²) >= 11 is 15.0. The zero-order valence-electron chi connectivity index (χ0n) is 6.76. The van der Waals surface area contributed by atoms with Crippen molar-refractivity contribution in [3.05, 3.63) is 0 Å². The molecule has 0 radical (unpaired) electrons. The van der Waals surface area contributed by atoms with Gasteiger partial charge in [-0.15, -0.1) is 4.89 Å². The van der Waals surface area contributed by atoms with Crippen LogP contribution < -0.4 is 56.3 Å². The minimum Gasteiger partial charge on any atom is -0.563 e. The zero-order chi connectivity index (χ0) is 11.1. The minimum atomic E-state index is -3.17. The third-order valence-electron chi connectivity index (χ3n) is 0.316. The van der Waals surface area contributed by atoms with Crippen molar-refractivity contribution in [3.8, 4) is 0 Å². The van der Waals surface area contributed by atoms with Crippen LogP contribution in [0.5, 0.6) is 0 Å². The van der Waals surface area contributed by atoms with Crippen LogP contribution in [0, 0.1) is 0 Å². The van der Waals surface area contributed by atoms with E-state index < -0.39 is 26.9 Å². The van der Waals surface area contributed by atoms with E-state index in [0.717, 1.165) is 0 Å². The van der Waals surface area contributed by atoms with E-state index in [1.807, 2.05) is 0 Å². The maximum absolute atomic E-state index is 9.35. The second-order valence-corrected chi connectivity index (χ2v) is 5.41. The molecule has 0 fully saturated rings. The van der Waals surface area contributed by atoms with Gasteiger partial charge in [-0.25, -0.2) is 0 Å². The largest absolute Gasteiger partial charge is 1.00 e. The van der Waals surface area contributed by atoms with E-state index in [1.165, 1.54) is 0 Å². The van der Waals surface area contributed by atoms with Crippen LogP contribution in [0.1, 0.15) is 0 Å². The van der Waals surface area contributed by atoms with E-state index in [0.29, 0.717) is 0 Å². The molecular formula is C2H4Cl3KO6P2+2. The third kappa shape index (κ3) is 29.3. The predicted octanol–water partition coefficient (Wildman–Crippen LogP) is -1.98. The number of hydrogen-bond donors (Lipinski definition) is 2. The van der Waals surface area contributed by atoms with E-state index >= 15 is 0 Å². The Balaban J connectivity index is -0.000000163. The molecular weight excluding hydrogens is 327 g/mol. The molecule has 0 aliphatic heterocycles. The standard InChI is InChI=1S/C2H3Cl3O.K.O5P2/c3-2(4,5)1-6;;1-6(2)5-7(3)4/h6H,1H2;;/q;+1;/p+1.